The number of ether oxygens (including phenoxy) is 2. The van der Waals surface area contributed by atoms with E-state index in [-0.39, 0.29) is 11.5 Å². The minimum atomic E-state index is 0.112. The van der Waals surface area contributed by atoms with Crippen LogP contribution in [0.5, 0.6) is 23.0 Å². The number of benzene rings is 4. The van der Waals surface area contributed by atoms with Crippen molar-refractivity contribution in [3.63, 3.8) is 0 Å². The molecule has 2 N–H and O–H groups in total. The van der Waals surface area contributed by atoms with Gasteiger partial charge in [0.25, 0.3) is 0 Å². The molecule has 0 spiro atoms. The highest BCUT2D eigenvalue weighted by Crippen LogP contribution is 2.48. The second-order valence-corrected chi connectivity index (χ2v) is 7.33. The third-order valence-electron chi connectivity index (χ3n) is 5.17. The van der Waals surface area contributed by atoms with Crippen LogP contribution in [0.4, 0.5) is 0 Å². The van der Waals surface area contributed by atoms with Crippen LogP contribution < -0.4 is 9.47 Å². The zero-order valence-electron chi connectivity index (χ0n) is 17.3. The van der Waals surface area contributed by atoms with Crippen molar-refractivity contribution in [2.75, 3.05) is 13.2 Å². The Bertz CT molecular complexity index is 1100. The number of hydrogen-bond donors (Lipinski definition) is 2. The Hall–Kier alpha value is -3.40. The third-order valence-corrected chi connectivity index (χ3v) is 5.17. The van der Waals surface area contributed by atoms with E-state index in [0.717, 1.165) is 23.6 Å². The maximum atomic E-state index is 11.1. The molecule has 4 heteroatoms. The molecule has 0 bridgehead atoms. The van der Waals surface area contributed by atoms with Gasteiger partial charge in [-0.1, -0.05) is 62.4 Å². The van der Waals surface area contributed by atoms with Gasteiger partial charge in [0.05, 0.1) is 13.2 Å². The fourth-order valence-electron chi connectivity index (χ4n) is 3.73. The summed E-state index contributed by atoms with van der Waals surface area (Å²) in [7, 11) is 0. The van der Waals surface area contributed by atoms with Crippen molar-refractivity contribution >= 4 is 21.5 Å². The highest BCUT2D eigenvalue weighted by molar-refractivity contribution is 6.04. The van der Waals surface area contributed by atoms with Gasteiger partial charge in [0, 0.05) is 32.7 Å². The van der Waals surface area contributed by atoms with Crippen molar-refractivity contribution in [1.82, 2.24) is 0 Å². The maximum absolute atomic E-state index is 11.1. The molecule has 0 aliphatic rings. The van der Waals surface area contributed by atoms with E-state index in [1.165, 1.54) is 0 Å². The molecule has 0 aliphatic heterocycles. The molecule has 0 saturated carbocycles. The quantitative estimate of drug-likeness (QED) is 0.363. The molecule has 4 nitrogen and oxygen atoms in total. The van der Waals surface area contributed by atoms with Gasteiger partial charge in [0.2, 0.25) is 0 Å². The zero-order chi connectivity index (χ0) is 21.1. The van der Waals surface area contributed by atoms with E-state index in [2.05, 4.69) is 13.8 Å². The van der Waals surface area contributed by atoms with Gasteiger partial charge in [-0.2, -0.15) is 0 Å². The summed E-state index contributed by atoms with van der Waals surface area (Å²) >= 11 is 0. The molecular weight excluding hydrogens is 376 g/mol. The summed E-state index contributed by atoms with van der Waals surface area (Å²) in [6.45, 7) is 5.25. The number of aromatic hydroxyl groups is 2. The smallest absolute Gasteiger partial charge is 0.131 e. The van der Waals surface area contributed by atoms with E-state index in [4.69, 9.17) is 9.47 Å². The van der Waals surface area contributed by atoms with Gasteiger partial charge in [0.15, 0.2) is 0 Å². The van der Waals surface area contributed by atoms with E-state index in [1.54, 1.807) is 12.1 Å². The molecule has 30 heavy (non-hydrogen) atoms. The summed E-state index contributed by atoms with van der Waals surface area (Å²) in [6, 6.07) is 18.8. The largest absolute Gasteiger partial charge is 0.507 e. The molecule has 0 heterocycles. The first-order valence-corrected chi connectivity index (χ1v) is 10.4. The molecule has 0 radical (unpaired) electrons. The molecule has 0 unspecified atom stereocenters. The topological polar surface area (TPSA) is 58.9 Å². The number of hydrogen-bond acceptors (Lipinski definition) is 4. The fourth-order valence-corrected chi connectivity index (χ4v) is 3.73. The second-order valence-electron chi connectivity index (χ2n) is 7.33. The van der Waals surface area contributed by atoms with Gasteiger partial charge in [-0.25, -0.2) is 0 Å². The molecule has 0 fully saturated rings. The minimum absolute atomic E-state index is 0.112. The van der Waals surface area contributed by atoms with Crippen molar-refractivity contribution < 1.29 is 19.7 Å². The Kier molecular flexibility index (Phi) is 5.66. The molecule has 4 aromatic rings. The van der Waals surface area contributed by atoms with Crippen LogP contribution in [0.1, 0.15) is 26.7 Å². The normalized spacial score (nSPS) is 11.1. The van der Waals surface area contributed by atoms with Crippen LogP contribution in [0.25, 0.3) is 32.7 Å². The molecule has 4 rings (SSSR count). The predicted octanol–water partition coefficient (Wildman–Crippen LogP) is 6.65. The first kappa shape index (κ1) is 19.9. The summed E-state index contributed by atoms with van der Waals surface area (Å²) < 4.78 is 12.0. The summed E-state index contributed by atoms with van der Waals surface area (Å²) in [5.41, 5.74) is 1.04. The Morgan fingerprint density at radius 1 is 0.600 bits per heavy atom. The number of phenolic OH excluding ortho intramolecular Hbond substituents is 2. The molecule has 4 aromatic carbocycles. The fraction of sp³-hybridized carbons (Fsp3) is 0.231. The Morgan fingerprint density at radius 2 is 0.967 bits per heavy atom. The molecule has 0 atom stereocenters. The van der Waals surface area contributed by atoms with Crippen molar-refractivity contribution in [3.8, 4) is 34.1 Å². The SMILES string of the molecule is CCCOc1cc(-c2cc(OCCC)c3ccccc3c2O)c(O)c2ccccc12. The van der Waals surface area contributed by atoms with Crippen LogP contribution in [0.2, 0.25) is 0 Å². The predicted molar refractivity (Wildman–Crippen MR) is 122 cm³/mol. The van der Waals surface area contributed by atoms with Crippen LogP contribution in [0.3, 0.4) is 0 Å². The first-order valence-electron chi connectivity index (χ1n) is 10.4. The average molecular weight is 402 g/mol. The lowest BCUT2D eigenvalue weighted by Gasteiger charge is -2.17. The van der Waals surface area contributed by atoms with E-state index in [1.807, 2.05) is 48.5 Å². The lowest BCUT2D eigenvalue weighted by molar-refractivity contribution is 0.320. The molecule has 0 saturated heterocycles. The molecule has 0 aliphatic carbocycles. The summed E-state index contributed by atoms with van der Waals surface area (Å²) in [4.78, 5) is 0. The maximum Gasteiger partial charge on any atom is 0.131 e. The first-order chi connectivity index (χ1) is 14.7. The van der Waals surface area contributed by atoms with Crippen molar-refractivity contribution in [3.05, 3.63) is 60.7 Å². The Labute approximate surface area is 176 Å². The summed E-state index contributed by atoms with van der Waals surface area (Å²) in [5, 5.41) is 25.3. The molecule has 0 aromatic heterocycles. The van der Waals surface area contributed by atoms with E-state index >= 15 is 0 Å². The number of rotatable bonds is 7. The third kappa shape index (κ3) is 3.50. The lowest BCUT2D eigenvalue weighted by Crippen LogP contribution is -1.98. The van der Waals surface area contributed by atoms with E-state index in [9.17, 15) is 10.2 Å². The van der Waals surface area contributed by atoms with Crippen molar-refractivity contribution in [2.24, 2.45) is 0 Å². The van der Waals surface area contributed by atoms with Crippen molar-refractivity contribution in [2.45, 2.75) is 26.7 Å². The highest BCUT2D eigenvalue weighted by atomic mass is 16.5. The highest BCUT2D eigenvalue weighted by Gasteiger charge is 2.20. The summed E-state index contributed by atoms with van der Waals surface area (Å²) in [6.07, 6.45) is 1.75. The standard InChI is InChI=1S/C26H26O4/c1-3-13-29-23-15-21(25(27)19-11-7-5-9-17(19)23)22-16-24(30-14-4-2)18-10-6-8-12-20(18)26(22)28/h5-12,15-16,27-28H,3-4,13-14H2,1-2H3. The lowest BCUT2D eigenvalue weighted by atomic mass is 9.95. The Morgan fingerprint density at radius 3 is 1.33 bits per heavy atom. The van der Waals surface area contributed by atoms with Gasteiger partial charge in [0.1, 0.15) is 23.0 Å². The van der Waals surface area contributed by atoms with Gasteiger partial charge >= 0.3 is 0 Å². The van der Waals surface area contributed by atoms with E-state index < -0.39 is 0 Å². The number of fused-ring (bicyclic) bond motifs is 2. The van der Waals surface area contributed by atoms with Crippen LogP contribution in [0, 0.1) is 0 Å². The average Bonchev–Trinajstić information content (AvgIpc) is 2.79. The zero-order valence-corrected chi connectivity index (χ0v) is 17.3. The molecule has 154 valence electrons. The van der Waals surface area contributed by atoms with Gasteiger partial charge in [-0.3, -0.25) is 0 Å². The van der Waals surface area contributed by atoms with Gasteiger partial charge < -0.3 is 19.7 Å². The van der Waals surface area contributed by atoms with Crippen LogP contribution in [0.15, 0.2) is 60.7 Å². The van der Waals surface area contributed by atoms with Crippen molar-refractivity contribution in [1.29, 1.82) is 0 Å². The van der Waals surface area contributed by atoms with E-state index in [0.29, 0.717) is 46.6 Å². The second kappa shape index (κ2) is 8.54. The monoisotopic (exact) mass is 402 g/mol. The number of phenols is 2. The van der Waals surface area contributed by atoms with Crippen LogP contribution in [-0.2, 0) is 0 Å². The van der Waals surface area contributed by atoms with Crippen LogP contribution in [-0.4, -0.2) is 23.4 Å². The molecular formula is C26H26O4. The van der Waals surface area contributed by atoms with Gasteiger partial charge in [-0.15, -0.1) is 0 Å². The summed E-state index contributed by atoms with van der Waals surface area (Å²) in [5.74, 6) is 1.59. The van der Waals surface area contributed by atoms with Gasteiger partial charge in [-0.05, 0) is 25.0 Å². The molecule has 0 amide bonds. The van der Waals surface area contributed by atoms with Crippen LogP contribution >= 0.6 is 0 Å². The Balaban J connectivity index is 2.00. The minimum Gasteiger partial charge on any atom is -0.507 e.